The zero-order valence-electron chi connectivity index (χ0n) is 13.2. The van der Waals surface area contributed by atoms with Gasteiger partial charge in [0.2, 0.25) is 11.8 Å². The first-order valence-corrected chi connectivity index (χ1v) is 8.42. The lowest BCUT2D eigenvalue weighted by Gasteiger charge is -2.16. The first-order chi connectivity index (χ1) is 11.3. The summed E-state index contributed by atoms with van der Waals surface area (Å²) in [5.41, 5.74) is 1.94. The highest BCUT2D eigenvalue weighted by Crippen LogP contribution is 2.26. The fraction of sp³-hybridized carbons (Fsp3) is 0.176. The van der Waals surface area contributed by atoms with Crippen molar-refractivity contribution in [2.45, 2.75) is 19.9 Å². The number of carbonyl (C=O) groups is 2. The predicted octanol–water partition coefficient (Wildman–Crippen LogP) is 4.50. The van der Waals surface area contributed by atoms with Crippen molar-refractivity contribution >= 4 is 56.4 Å². The van der Waals surface area contributed by atoms with Crippen molar-refractivity contribution < 1.29 is 9.59 Å². The van der Waals surface area contributed by atoms with Gasteiger partial charge in [-0.3, -0.25) is 9.59 Å². The molecule has 0 aliphatic carbocycles. The molecule has 0 saturated carbocycles. The molecule has 0 aliphatic rings. The predicted molar refractivity (Wildman–Crippen MR) is 102 cm³/mol. The van der Waals surface area contributed by atoms with Crippen LogP contribution in [0, 0.1) is 0 Å². The summed E-state index contributed by atoms with van der Waals surface area (Å²) < 4.78 is 0.945. The Morgan fingerprint density at radius 2 is 1.67 bits per heavy atom. The lowest BCUT2D eigenvalue weighted by atomic mass is 10.2. The molecule has 0 aromatic heterocycles. The van der Waals surface area contributed by atoms with E-state index < -0.39 is 6.04 Å². The molecule has 2 aromatic carbocycles. The van der Waals surface area contributed by atoms with Gasteiger partial charge in [-0.15, -0.1) is 0 Å². The molecule has 1 unspecified atom stereocenters. The van der Waals surface area contributed by atoms with Crippen LogP contribution in [0.3, 0.4) is 0 Å². The Labute approximate surface area is 153 Å². The van der Waals surface area contributed by atoms with Gasteiger partial charge in [0.15, 0.2) is 0 Å². The highest BCUT2D eigenvalue weighted by molar-refractivity contribution is 9.10. The summed E-state index contributed by atoms with van der Waals surface area (Å²) >= 11 is 9.47. The maximum absolute atomic E-state index is 12.2. The Kier molecular flexibility index (Phi) is 6.23. The molecule has 1 atom stereocenters. The second kappa shape index (κ2) is 8.17. The molecular formula is C17H17BrClN3O2. The standard InChI is InChI=1S/C17H17BrClN3O2/c1-10(17(24)22-13-5-3-12(18)4-6-13)20-14-7-8-16(15(19)9-14)21-11(2)23/h3-10,20H,1-2H3,(H,21,23)(H,22,24). The lowest BCUT2D eigenvalue weighted by Crippen LogP contribution is -2.31. The van der Waals surface area contributed by atoms with Crippen molar-refractivity contribution in [3.05, 3.63) is 52.0 Å². The van der Waals surface area contributed by atoms with Gasteiger partial charge < -0.3 is 16.0 Å². The van der Waals surface area contributed by atoms with Crippen LogP contribution in [0.4, 0.5) is 17.1 Å². The van der Waals surface area contributed by atoms with E-state index in [1.54, 1.807) is 25.1 Å². The van der Waals surface area contributed by atoms with Gasteiger partial charge in [0.25, 0.3) is 0 Å². The number of hydrogen-bond acceptors (Lipinski definition) is 3. The molecule has 0 saturated heterocycles. The van der Waals surface area contributed by atoms with Gasteiger partial charge in [0, 0.05) is 22.8 Å². The minimum atomic E-state index is -0.462. The number of hydrogen-bond donors (Lipinski definition) is 3. The van der Waals surface area contributed by atoms with Crippen molar-refractivity contribution in [2.24, 2.45) is 0 Å². The Bertz CT molecular complexity index is 750. The van der Waals surface area contributed by atoms with Crippen LogP contribution in [0.15, 0.2) is 46.9 Å². The number of halogens is 2. The fourth-order valence-electron chi connectivity index (χ4n) is 2.00. The monoisotopic (exact) mass is 409 g/mol. The molecule has 24 heavy (non-hydrogen) atoms. The van der Waals surface area contributed by atoms with Gasteiger partial charge in [0.05, 0.1) is 10.7 Å². The minimum absolute atomic E-state index is 0.167. The average Bonchev–Trinajstić information content (AvgIpc) is 2.52. The maximum atomic E-state index is 12.2. The van der Waals surface area contributed by atoms with E-state index in [4.69, 9.17) is 11.6 Å². The summed E-state index contributed by atoms with van der Waals surface area (Å²) in [5, 5.41) is 8.94. The number of rotatable bonds is 5. The van der Waals surface area contributed by atoms with Crippen LogP contribution in [0.1, 0.15) is 13.8 Å². The third-order valence-corrected chi connectivity index (χ3v) is 4.01. The first-order valence-electron chi connectivity index (χ1n) is 7.25. The highest BCUT2D eigenvalue weighted by atomic mass is 79.9. The van der Waals surface area contributed by atoms with Gasteiger partial charge in [0.1, 0.15) is 6.04 Å². The number of amides is 2. The number of carbonyl (C=O) groups excluding carboxylic acids is 2. The van der Waals surface area contributed by atoms with E-state index in [-0.39, 0.29) is 11.8 Å². The summed E-state index contributed by atoms with van der Waals surface area (Å²) in [5.74, 6) is -0.362. The highest BCUT2D eigenvalue weighted by Gasteiger charge is 2.13. The van der Waals surface area contributed by atoms with Crippen molar-refractivity contribution in [3.63, 3.8) is 0 Å². The second-order valence-electron chi connectivity index (χ2n) is 5.24. The van der Waals surface area contributed by atoms with Gasteiger partial charge in [-0.1, -0.05) is 27.5 Å². The minimum Gasteiger partial charge on any atom is -0.374 e. The van der Waals surface area contributed by atoms with Crippen molar-refractivity contribution in [3.8, 4) is 0 Å². The van der Waals surface area contributed by atoms with Crippen LogP contribution in [-0.4, -0.2) is 17.9 Å². The third-order valence-electron chi connectivity index (χ3n) is 3.17. The second-order valence-corrected chi connectivity index (χ2v) is 6.56. The van der Waals surface area contributed by atoms with Crippen molar-refractivity contribution in [2.75, 3.05) is 16.0 Å². The lowest BCUT2D eigenvalue weighted by molar-refractivity contribution is -0.116. The van der Waals surface area contributed by atoms with Crippen LogP contribution in [0.25, 0.3) is 0 Å². The van der Waals surface area contributed by atoms with E-state index >= 15 is 0 Å². The molecule has 7 heteroatoms. The average molecular weight is 411 g/mol. The smallest absolute Gasteiger partial charge is 0.246 e. The first kappa shape index (κ1) is 18.3. The van der Waals surface area contributed by atoms with E-state index in [9.17, 15) is 9.59 Å². The fourth-order valence-corrected chi connectivity index (χ4v) is 2.49. The summed E-state index contributed by atoms with van der Waals surface area (Å²) in [4.78, 5) is 23.3. The molecule has 2 aromatic rings. The number of benzene rings is 2. The normalized spacial score (nSPS) is 11.5. The van der Waals surface area contributed by atoms with Crippen LogP contribution in [0.2, 0.25) is 5.02 Å². The molecule has 0 bridgehead atoms. The summed E-state index contributed by atoms with van der Waals surface area (Å²) in [6.45, 7) is 3.17. The molecule has 0 fully saturated rings. The molecule has 0 heterocycles. The molecule has 0 aliphatic heterocycles. The summed E-state index contributed by atoms with van der Waals surface area (Å²) in [7, 11) is 0. The molecule has 2 rings (SSSR count). The van der Waals surface area contributed by atoms with E-state index in [0.717, 1.165) is 10.2 Å². The summed E-state index contributed by atoms with van der Waals surface area (Å²) in [6, 6.07) is 12.0. The Morgan fingerprint density at radius 3 is 2.25 bits per heavy atom. The Morgan fingerprint density at radius 1 is 1.04 bits per heavy atom. The molecule has 126 valence electrons. The third kappa shape index (κ3) is 5.25. The molecule has 5 nitrogen and oxygen atoms in total. The number of nitrogens with one attached hydrogen (secondary N) is 3. The maximum Gasteiger partial charge on any atom is 0.246 e. The van der Waals surface area contributed by atoms with E-state index in [0.29, 0.717) is 16.4 Å². The molecule has 0 spiro atoms. The zero-order valence-corrected chi connectivity index (χ0v) is 15.5. The molecule has 2 amide bonds. The van der Waals surface area contributed by atoms with E-state index in [1.807, 2.05) is 24.3 Å². The van der Waals surface area contributed by atoms with Gasteiger partial charge >= 0.3 is 0 Å². The van der Waals surface area contributed by atoms with Crippen molar-refractivity contribution in [1.29, 1.82) is 0 Å². The quantitative estimate of drug-likeness (QED) is 0.679. The van der Waals surface area contributed by atoms with Gasteiger partial charge in [-0.25, -0.2) is 0 Å². The molecular weight excluding hydrogens is 394 g/mol. The van der Waals surface area contributed by atoms with E-state index in [1.165, 1.54) is 6.92 Å². The largest absolute Gasteiger partial charge is 0.374 e. The van der Waals surface area contributed by atoms with Crippen LogP contribution < -0.4 is 16.0 Å². The van der Waals surface area contributed by atoms with Gasteiger partial charge in [-0.2, -0.15) is 0 Å². The number of anilines is 3. The molecule has 0 radical (unpaired) electrons. The van der Waals surface area contributed by atoms with Crippen LogP contribution in [0.5, 0.6) is 0 Å². The van der Waals surface area contributed by atoms with Crippen LogP contribution >= 0.6 is 27.5 Å². The van der Waals surface area contributed by atoms with E-state index in [2.05, 4.69) is 31.9 Å². The Hall–Kier alpha value is -2.05. The SMILES string of the molecule is CC(=O)Nc1ccc(NC(C)C(=O)Nc2ccc(Br)cc2)cc1Cl. The van der Waals surface area contributed by atoms with Crippen LogP contribution in [-0.2, 0) is 9.59 Å². The topological polar surface area (TPSA) is 70.2 Å². The summed E-state index contributed by atoms with van der Waals surface area (Å²) in [6.07, 6.45) is 0. The van der Waals surface area contributed by atoms with Gasteiger partial charge in [-0.05, 0) is 49.4 Å². The van der Waals surface area contributed by atoms with Crippen molar-refractivity contribution in [1.82, 2.24) is 0 Å². The molecule has 3 N–H and O–H groups in total. The zero-order chi connectivity index (χ0) is 17.7. The Balaban J connectivity index is 1.99.